The summed E-state index contributed by atoms with van der Waals surface area (Å²) in [5.74, 6) is -2.37. The van der Waals surface area contributed by atoms with Crippen LogP contribution < -0.4 is 10.5 Å². The second-order valence-corrected chi connectivity index (χ2v) is 7.22. The number of rotatable bonds is 2. The lowest BCUT2D eigenvalue weighted by molar-refractivity contribution is -0.137. The van der Waals surface area contributed by atoms with Crippen LogP contribution in [-0.2, 0) is 6.18 Å². The van der Waals surface area contributed by atoms with Crippen LogP contribution in [0.3, 0.4) is 0 Å². The van der Waals surface area contributed by atoms with Gasteiger partial charge >= 0.3 is 6.18 Å². The zero-order valence-corrected chi connectivity index (χ0v) is 16.0. The van der Waals surface area contributed by atoms with Crippen LogP contribution in [0.2, 0.25) is 0 Å². The molecule has 0 saturated carbocycles. The van der Waals surface area contributed by atoms with Crippen molar-refractivity contribution in [2.75, 3.05) is 19.3 Å². The van der Waals surface area contributed by atoms with Crippen LogP contribution in [0.15, 0.2) is 42.9 Å². The summed E-state index contributed by atoms with van der Waals surface area (Å²) in [5.41, 5.74) is 5.12. The van der Waals surface area contributed by atoms with Gasteiger partial charge in [0.25, 0.3) is 5.91 Å². The highest BCUT2D eigenvalue weighted by molar-refractivity contribution is 5.98. The summed E-state index contributed by atoms with van der Waals surface area (Å²) in [5, 5.41) is 0. The Balaban J connectivity index is 1.62. The molecule has 0 bridgehead atoms. The summed E-state index contributed by atoms with van der Waals surface area (Å²) >= 11 is 0. The van der Waals surface area contributed by atoms with E-state index in [0.717, 1.165) is 30.3 Å². The summed E-state index contributed by atoms with van der Waals surface area (Å²) in [6, 6.07) is 3.37. The van der Waals surface area contributed by atoms with E-state index in [2.05, 4.69) is 9.97 Å². The lowest BCUT2D eigenvalue weighted by atomic mass is 10.0. The number of hydrogen-bond acceptors (Lipinski definition) is 5. The molecule has 3 heterocycles. The van der Waals surface area contributed by atoms with E-state index in [1.165, 1.54) is 16.9 Å². The molecule has 164 valence electrons. The number of benzene rings is 2. The number of likely N-dealkylation sites (N-methyl/N-ethyl adjacent to an activating group) is 1. The molecule has 2 aromatic carbocycles. The van der Waals surface area contributed by atoms with Gasteiger partial charge in [0, 0.05) is 22.7 Å². The normalized spacial score (nSPS) is 17.5. The number of ether oxygens (including phenoxy) is 1. The van der Waals surface area contributed by atoms with Gasteiger partial charge in [0.2, 0.25) is 0 Å². The van der Waals surface area contributed by atoms with Crippen molar-refractivity contribution in [1.29, 1.82) is 0 Å². The number of carbonyl (C=O) groups excluding carboxylic acids is 1. The smallest absolute Gasteiger partial charge is 0.416 e. The molecular weight excluding hydrogens is 430 g/mol. The number of imidazole rings is 1. The van der Waals surface area contributed by atoms with Crippen molar-refractivity contribution in [2.45, 2.75) is 12.2 Å². The summed E-state index contributed by atoms with van der Waals surface area (Å²) in [4.78, 5) is 21.9. The fourth-order valence-electron chi connectivity index (χ4n) is 3.72. The second-order valence-electron chi connectivity index (χ2n) is 7.22. The number of aromatic nitrogens is 3. The highest BCUT2D eigenvalue weighted by Crippen LogP contribution is 2.40. The van der Waals surface area contributed by atoms with E-state index in [9.17, 15) is 18.0 Å². The summed E-state index contributed by atoms with van der Waals surface area (Å²) in [7, 11) is 0. The molecule has 2 aromatic heterocycles. The standard InChI is InChI=1S/C21H15F4N5O2/c1-29(17-8-32-18-4-10(21(23,24)25)2-3-11(17)18)20(31)12-5-15-14(6-13(12)22)28-19(26)16-7-27-9-30(15)16/h2-7,9,17H,8H2,1H3,(H2,26,28)/t17-/m1/s1/i1D3. The lowest BCUT2D eigenvalue weighted by Gasteiger charge is -2.24. The van der Waals surface area contributed by atoms with Gasteiger partial charge in [-0.05, 0) is 18.2 Å². The van der Waals surface area contributed by atoms with Crippen molar-refractivity contribution in [2.24, 2.45) is 0 Å². The number of nitrogens with zero attached hydrogens (tertiary/aromatic N) is 4. The van der Waals surface area contributed by atoms with Gasteiger partial charge in [0.05, 0.1) is 40.7 Å². The largest absolute Gasteiger partial charge is 0.491 e. The highest BCUT2D eigenvalue weighted by atomic mass is 19.4. The van der Waals surface area contributed by atoms with Gasteiger partial charge in [-0.25, -0.2) is 14.4 Å². The Morgan fingerprint density at radius 1 is 1.31 bits per heavy atom. The zero-order chi connectivity index (χ0) is 25.3. The number of anilines is 1. The van der Waals surface area contributed by atoms with E-state index < -0.39 is 48.7 Å². The minimum absolute atomic E-state index is 0.0649. The fraction of sp³-hybridized carbons (Fsp3) is 0.190. The molecule has 11 heteroatoms. The molecule has 4 aromatic rings. The molecule has 1 aliphatic heterocycles. The Hall–Kier alpha value is -3.89. The molecule has 5 rings (SSSR count). The van der Waals surface area contributed by atoms with Gasteiger partial charge in [0.1, 0.15) is 29.5 Å². The van der Waals surface area contributed by atoms with Crippen molar-refractivity contribution >= 4 is 28.3 Å². The van der Waals surface area contributed by atoms with E-state index in [4.69, 9.17) is 14.6 Å². The average molecular weight is 448 g/mol. The quantitative estimate of drug-likeness (QED) is 0.471. The van der Waals surface area contributed by atoms with E-state index in [1.54, 1.807) is 0 Å². The Kier molecular flexibility index (Phi) is 3.56. The van der Waals surface area contributed by atoms with E-state index >= 15 is 4.39 Å². The predicted octanol–water partition coefficient (Wildman–Crippen LogP) is 3.83. The molecule has 1 atom stereocenters. The molecular formula is C21H15F4N5O2. The molecule has 0 aliphatic carbocycles. The monoisotopic (exact) mass is 448 g/mol. The second kappa shape index (κ2) is 6.81. The fourth-order valence-corrected chi connectivity index (χ4v) is 3.72. The van der Waals surface area contributed by atoms with Crippen LogP contribution >= 0.6 is 0 Å². The van der Waals surface area contributed by atoms with Gasteiger partial charge in [-0.1, -0.05) is 6.07 Å². The number of nitrogen functional groups attached to an aromatic ring is 1. The van der Waals surface area contributed by atoms with Gasteiger partial charge < -0.3 is 15.4 Å². The molecule has 0 fully saturated rings. The SMILES string of the molecule is [2H]C([2H])([2H])N(C(=O)c1cc2c(cc1F)nc(N)c1cncn12)[C@@H]1COc2cc(C(F)(F)F)ccc21. The highest BCUT2D eigenvalue weighted by Gasteiger charge is 2.36. The van der Waals surface area contributed by atoms with Gasteiger partial charge in [-0.2, -0.15) is 13.2 Å². The number of alkyl halides is 3. The molecule has 1 aliphatic rings. The van der Waals surface area contributed by atoms with Crippen LogP contribution in [0.25, 0.3) is 16.6 Å². The van der Waals surface area contributed by atoms with Crippen LogP contribution in [0.5, 0.6) is 5.75 Å². The molecule has 7 nitrogen and oxygen atoms in total. The van der Waals surface area contributed by atoms with E-state index in [0.29, 0.717) is 10.4 Å². The Bertz CT molecular complexity index is 1500. The average Bonchev–Trinajstić information content (AvgIpc) is 3.40. The maximum atomic E-state index is 15.1. The molecule has 0 unspecified atom stereocenters. The first kappa shape index (κ1) is 16.8. The van der Waals surface area contributed by atoms with Crippen molar-refractivity contribution in [3.8, 4) is 5.75 Å². The van der Waals surface area contributed by atoms with Crippen LogP contribution in [0, 0.1) is 5.82 Å². The number of halogens is 4. The van der Waals surface area contributed by atoms with Crippen molar-refractivity contribution in [1.82, 2.24) is 19.3 Å². The van der Waals surface area contributed by atoms with Gasteiger partial charge in [0.15, 0.2) is 0 Å². The lowest BCUT2D eigenvalue weighted by Crippen LogP contribution is -2.32. The first-order chi connectivity index (χ1) is 16.4. The number of nitrogens with two attached hydrogens (primary N) is 1. The van der Waals surface area contributed by atoms with Crippen molar-refractivity contribution in [3.63, 3.8) is 0 Å². The van der Waals surface area contributed by atoms with Crippen molar-refractivity contribution < 1.29 is 31.2 Å². The van der Waals surface area contributed by atoms with E-state index in [-0.39, 0.29) is 28.2 Å². The number of hydrogen-bond donors (Lipinski definition) is 1. The number of fused-ring (bicyclic) bond motifs is 4. The first-order valence-electron chi connectivity index (χ1n) is 10.7. The van der Waals surface area contributed by atoms with E-state index in [1.807, 2.05) is 0 Å². The molecule has 0 spiro atoms. The zero-order valence-electron chi connectivity index (χ0n) is 19.0. The number of carbonyl (C=O) groups is 1. The minimum Gasteiger partial charge on any atom is -0.491 e. The van der Waals surface area contributed by atoms with Crippen molar-refractivity contribution in [3.05, 3.63) is 65.4 Å². The molecule has 0 saturated heterocycles. The first-order valence-corrected chi connectivity index (χ1v) is 9.24. The molecule has 0 radical (unpaired) electrons. The van der Waals surface area contributed by atoms with Crippen LogP contribution in [-0.4, -0.2) is 38.8 Å². The minimum atomic E-state index is -4.64. The molecule has 1 amide bonds. The Morgan fingerprint density at radius 3 is 2.88 bits per heavy atom. The van der Waals surface area contributed by atoms with Gasteiger partial charge in [-0.15, -0.1) is 0 Å². The Morgan fingerprint density at radius 2 is 2.12 bits per heavy atom. The Labute approximate surface area is 182 Å². The molecule has 32 heavy (non-hydrogen) atoms. The van der Waals surface area contributed by atoms with Crippen LogP contribution in [0.1, 0.15) is 31.6 Å². The predicted molar refractivity (Wildman–Crippen MR) is 107 cm³/mol. The third-order valence-electron chi connectivity index (χ3n) is 5.32. The summed E-state index contributed by atoms with van der Waals surface area (Å²) < 4.78 is 84.8. The topological polar surface area (TPSA) is 85.8 Å². The third-order valence-corrected chi connectivity index (χ3v) is 5.32. The summed E-state index contributed by atoms with van der Waals surface area (Å²) in [6.45, 7) is -3.49. The maximum absolute atomic E-state index is 15.1. The third kappa shape index (κ3) is 3.00. The molecule has 2 N–H and O–H groups in total. The van der Waals surface area contributed by atoms with Gasteiger partial charge in [-0.3, -0.25) is 9.20 Å². The van der Waals surface area contributed by atoms with Crippen LogP contribution in [0.4, 0.5) is 23.4 Å². The summed E-state index contributed by atoms with van der Waals surface area (Å²) in [6.07, 6.45) is -1.84. The number of amides is 1. The maximum Gasteiger partial charge on any atom is 0.416 e.